The Hall–Kier alpha value is -2.49. The van der Waals surface area contributed by atoms with Crippen molar-refractivity contribution >= 4 is 5.97 Å². The third-order valence-corrected chi connectivity index (χ3v) is 6.21. The topological polar surface area (TPSA) is 55.8 Å². The van der Waals surface area contributed by atoms with Crippen molar-refractivity contribution in [2.24, 2.45) is 17.8 Å². The zero-order valence-corrected chi connectivity index (χ0v) is 16.5. The molecule has 4 rings (SSSR count). The summed E-state index contributed by atoms with van der Waals surface area (Å²) < 4.78 is 11.4. The minimum atomic E-state index is -0.720. The van der Waals surface area contributed by atoms with Crippen LogP contribution in [0.3, 0.4) is 0 Å². The van der Waals surface area contributed by atoms with Crippen LogP contribution in [-0.4, -0.2) is 24.8 Å². The molecule has 0 radical (unpaired) electrons. The van der Waals surface area contributed by atoms with E-state index in [9.17, 15) is 9.90 Å². The molecule has 2 unspecified atom stereocenters. The monoisotopic (exact) mass is 380 g/mol. The van der Waals surface area contributed by atoms with E-state index in [1.54, 1.807) is 7.11 Å². The van der Waals surface area contributed by atoms with E-state index >= 15 is 0 Å². The number of carboxylic acids is 1. The van der Waals surface area contributed by atoms with Crippen molar-refractivity contribution in [2.45, 2.75) is 38.0 Å². The number of hydrogen-bond acceptors (Lipinski definition) is 3. The second kappa shape index (κ2) is 7.86. The van der Waals surface area contributed by atoms with Crippen molar-refractivity contribution in [1.29, 1.82) is 0 Å². The average Bonchev–Trinajstić information content (AvgIpc) is 3.62. The SMILES string of the molecule is COc1cccc(C2CC2COc2cccc([C@H](C3CC3)[C@H](C)C(=O)O)c2)c1. The Bertz CT molecular complexity index is 842. The summed E-state index contributed by atoms with van der Waals surface area (Å²) in [6.45, 7) is 2.51. The van der Waals surface area contributed by atoms with Gasteiger partial charge in [-0.25, -0.2) is 0 Å². The van der Waals surface area contributed by atoms with Crippen molar-refractivity contribution < 1.29 is 19.4 Å². The lowest BCUT2D eigenvalue weighted by Crippen LogP contribution is -2.20. The van der Waals surface area contributed by atoms with Crippen molar-refractivity contribution in [3.63, 3.8) is 0 Å². The summed E-state index contributed by atoms with van der Waals surface area (Å²) in [6.07, 6.45) is 3.38. The van der Waals surface area contributed by atoms with Gasteiger partial charge in [-0.1, -0.05) is 31.2 Å². The lowest BCUT2D eigenvalue weighted by atomic mass is 9.83. The van der Waals surface area contributed by atoms with Crippen molar-refractivity contribution in [2.75, 3.05) is 13.7 Å². The molecule has 0 bridgehead atoms. The molecule has 2 saturated carbocycles. The van der Waals surface area contributed by atoms with Crippen LogP contribution in [-0.2, 0) is 4.79 Å². The molecular formula is C24H28O4. The molecule has 0 saturated heterocycles. The summed E-state index contributed by atoms with van der Waals surface area (Å²) in [6, 6.07) is 16.3. The van der Waals surface area contributed by atoms with E-state index in [-0.39, 0.29) is 11.8 Å². The highest BCUT2D eigenvalue weighted by Crippen LogP contribution is 2.49. The van der Waals surface area contributed by atoms with Gasteiger partial charge < -0.3 is 14.6 Å². The first kappa shape index (κ1) is 18.9. The van der Waals surface area contributed by atoms with Crippen molar-refractivity contribution in [3.8, 4) is 11.5 Å². The van der Waals surface area contributed by atoms with Gasteiger partial charge in [-0.15, -0.1) is 0 Å². The molecule has 2 aromatic rings. The third kappa shape index (κ3) is 4.16. The van der Waals surface area contributed by atoms with Gasteiger partial charge in [-0.05, 0) is 72.4 Å². The molecule has 2 aliphatic carbocycles. The van der Waals surface area contributed by atoms with Crippen LogP contribution in [0.2, 0.25) is 0 Å². The molecule has 0 spiro atoms. The van der Waals surface area contributed by atoms with E-state index in [2.05, 4.69) is 12.1 Å². The first-order chi connectivity index (χ1) is 13.6. The summed E-state index contributed by atoms with van der Waals surface area (Å²) >= 11 is 0. The first-order valence-electron chi connectivity index (χ1n) is 10.2. The quantitative estimate of drug-likeness (QED) is 0.658. The number of hydrogen-bond donors (Lipinski definition) is 1. The molecule has 2 fully saturated rings. The molecular weight excluding hydrogens is 352 g/mol. The normalized spacial score (nSPS) is 22.9. The van der Waals surface area contributed by atoms with Crippen LogP contribution in [0.5, 0.6) is 11.5 Å². The molecule has 0 aliphatic heterocycles. The van der Waals surface area contributed by atoms with Crippen LogP contribution < -0.4 is 9.47 Å². The van der Waals surface area contributed by atoms with Crippen molar-refractivity contribution in [3.05, 3.63) is 59.7 Å². The zero-order chi connectivity index (χ0) is 19.7. The number of benzene rings is 2. The zero-order valence-electron chi connectivity index (χ0n) is 16.5. The van der Waals surface area contributed by atoms with Crippen LogP contribution in [0.25, 0.3) is 0 Å². The van der Waals surface area contributed by atoms with E-state index in [4.69, 9.17) is 9.47 Å². The third-order valence-electron chi connectivity index (χ3n) is 6.21. The maximum absolute atomic E-state index is 11.5. The van der Waals surface area contributed by atoms with E-state index in [1.165, 1.54) is 5.56 Å². The summed E-state index contributed by atoms with van der Waals surface area (Å²) in [5, 5.41) is 9.48. The average molecular weight is 380 g/mol. The van der Waals surface area contributed by atoms with E-state index < -0.39 is 5.97 Å². The Balaban J connectivity index is 1.38. The molecule has 28 heavy (non-hydrogen) atoms. The maximum atomic E-state index is 11.5. The number of methoxy groups -OCH3 is 1. The van der Waals surface area contributed by atoms with Gasteiger partial charge in [-0.2, -0.15) is 0 Å². The molecule has 2 aromatic carbocycles. The Kier molecular flexibility index (Phi) is 5.29. The van der Waals surface area contributed by atoms with Gasteiger partial charge in [0.05, 0.1) is 19.6 Å². The van der Waals surface area contributed by atoms with Gasteiger partial charge in [0, 0.05) is 5.92 Å². The van der Waals surface area contributed by atoms with Gasteiger partial charge in [0.1, 0.15) is 11.5 Å². The molecule has 1 N–H and O–H groups in total. The number of rotatable bonds is 9. The lowest BCUT2D eigenvalue weighted by molar-refractivity contribution is -0.142. The van der Waals surface area contributed by atoms with Gasteiger partial charge in [-0.3, -0.25) is 4.79 Å². The Labute approximate surface area is 166 Å². The molecule has 0 heterocycles. The molecule has 4 nitrogen and oxygen atoms in total. The van der Waals surface area contributed by atoms with Crippen LogP contribution in [0.15, 0.2) is 48.5 Å². The Morgan fingerprint density at radius 3 is 2.61 bits per heavy atom. The molecule has 2 aliphatic rings. The van der Waals surface area contributed by atoms with Gasteiger partial charge in [0.25, 0.3) is 0 Å². The molecule has 0 aromatic heterocycles. The first-order valence-corrected chi connectivity index (χ1v) is 10.2. The standard InChI is InChI=1S/C24H28O4/c1-15(24(25)26)23(16-9-10-16)18-6-4-8-21(12-18)28-14-19-13-22(19)17-5-3-7-20(11-17)27-2/h3-8,11-12,15-16,19,22-23H,9-10,13-14H2,1-2H3,(H,25,26)/t15-,19?,22?,23-/m0/s1. The van der Waals surface area contributed by atoms with Crippen LogP contribution >= 0.6 is 0 Å². The number of ether oxygens (including phenoxy) is 2. The maximum Gasteiger partial charge on any atom is 0.306 e. The van der Waals surface area contributed by atoms with Crippen molar-refractivity contribution in [1.82, 2.24) is 0 Å². The minimum Gasteiger partial charge on any atom is -0.497 e. The molecule has 0 amide bonds. The predicted octanol–water partition coefficient (Wildman–Crippen LogP) is 5.09. The van der Waals surface area contributed by atoms with Gasteiger partial charge >= 0.3 is 5.97 Å². The van der Waals surface area contributed by atoms with E-state index in [0.717, 1.165) is 36.3 Å². The largest absolute Gasteiger partial charge is 0.497 e. The van der Waals surface area contributed by atoms with Gasteiger partial charge in [0.2, 0.25) is 0 Å². The second-order valence-corrected chi connectivity index (χ2v) is 8.25. The van der Waals surface area contributed by atoms with E-state index in [1.807, 2.05) is 43.3 Å². The summed E-state index contributed by atoms with van der Waals surface area (Å²) in [5.74, 6) is 2.27. The summed E-state index contributed by atoms with van der Waals surface area (Å²) in [4.78, 5) is 11.5. The highest BCUT2D eigenvalue weighted by molar-refractivity contribution is 5.71. The smallest absolute Gasteiger partial charge is 0.306 e. The fourth-order valence-electron chi connectivity index (χ4n) is 4.31. The lowest BCUT2D eigenvalue weighted by Gasteiger charge is -2.21. The summed E-state index contributed by atoms with van der Waals surface area (Å²) in [5.41, 5.74) is 2.40. The highest BCUT2D eigenvalue weighted by Gasteiger charge is 2.40. The Morgan fingerprint density at radius 1 is 1.14 bits per heavy atom. The molecule has 4 atom stereocenters. The fraction of sp³-hybridized carbons (Fsp3) is 0.458. The molecule has 4 heteroatoms. The highest BCUT2D eigenvalue weighted by atomic mass is 16.5. The number of carboxylic acid groups (broad SMARTS) is 1. The summed E-state index contributed by atoms with van der Waals surface area (Å²) in [7, 11) is 1.69. The fourth-order valence-corrected chi connectivity index (χ4v) is 4.31. The minimum absolute atomic E-state index is 0.0755. The Morgan fingerprint density at radius 2 is 1.89 bits per heavy atom. The molecule has 148 valence electrons. The van der Waals surface area contributed by atoms with Crippen LogP contribution in [0, 0.1) is 17.8 Å². The number of carbonyl (C=O) groups is 1. The van der Waals surface area contributed by atoms with E-state index in [0.29, 0.717) is 24.4 Å². The second-order valence-electron chi connectivity index (χ2n) is 8.25. The number of aliphatic carboxylic acids is 1. The van der Waals surface area contributed by atoms with Gasteiger partial charge in [0.15, 0.2) is 0 Å². The predicted molar refractivity (Wildman–Crippen MR) is 108 cm³/mol. The van der Waals surface area contributed by atoms with Crippen LogP contribution in [0.4, 0.5) is 0 Å². The van der Waals surface area contributed by atoms with Crippen LogP contribution in [0.1, 0.15) is 49.1 Å².